The van der Waals surface area contributed by atoms with Gasteiger partial charge in [-0.1, -0.05) is 23.7 Å². The van der Waals surface area contributed by atoms with Gasteiger partial charge in [-0.3, -0.25) is 9.59 Å². The number of benzene rings is 1. The second-order valence-electron chi connectivity index (χ2n) is 5.32. The lowest BCUT2D eigenvalue weighted by atomic mass is 9.91. The van der Waals surface area contributed by atoms with Gasteiger partial charge in [-0.25, -0.2) is 18.6 Å². The highest BCUT2D eigenvalue weighted by molar-refractivity contribution is 8.42. The van der Waals surface area contributed by atoms with Gasteiger partial charge in [0.1, 0.15) is 6.04 Å². The number of amidine groups is 1. The van der Waals surface area contributed by atoms with Crippen molar-refractivity contribution in [3.05, 3.63) is 34.9 Å². The molecule has 1 aromatic carbocycles. The fraction of sp³-hybridized carbons (Fsp3) is 0.286. The van der Waals surface area contributed by atoms with E-state index in [9.17, 15) is 18.0 Å². The Balaban J connectivity index is 2.12. The summed E-state index contributed by atoms with van der Waals surface area (Å²) in [6.45, 7) is 1.69. The number of halogens is 1. The number of hydrazone groups is 1. The molecule has 2 aliphatic rings. The molecule has 9 nitrogen and oxygen atoms in total. The summed E-state index contributed by atoms with van der Waals surface area (Å²) in [6.07, 6.45) is 0. The smallest absolute Gasteiger partial charge is 0.321 e. The maximum Gasteiger partial charge on any atom is 0.321 e. The van der Waals surface area contributed by atoms with Crippen molar-refractivity contribution in [3.63, 3.8) is 0 Å². The van der Waals surface area contributed by atoms with Gasteiger partial charge in [0.25, 0.3) is 15.9 Å². The zero-order chi connectivity index (χ0) is 19.1. The molecule has 2 unspecified atom stereocenters. The van der Waals surface area contributed by atoms with E-state index in [0.29, 0.717) is 22.3 Å². The van der Waals surface area contributed by atoms with Gasteiger partial charge in [0.15, 0.2) is 11.1 Å². The van der Waals surface area contributed by atoms with Crippen LogP contribution < -0.4 is 5.14 Å². The van der Waals surface area contributed by atoms with Gasteiger partial charge in [0, 0.05) is 5.02 Å². The standard InChI is InChI=1S/C14H13ClN4O5S2/c1-2-24-12(21)9-10(7-3-5-8(15)6-4-7)19-13(17-11(9)20)25-14(18-19)26(16,22)23/h3-6,9-10H,2H2,1H3,(H2,16,22,23). The minimum Gasteiger partial charge on any atom is -0.465 e. The number of hydrogen-bond acceptors (Lipinski definition) is 8. The Morgan fingerprint density at radius 1 is 1.38 bits per heavy atom. The molecule has 0 fully saturated rings. The second kappa shape index (κ2) is 6.99. The first-order chi connectivity index (χ1) is 12.2. The molecule has 0 spiro atoms. The van der Waals surface area contributed by atoms with Crippen LogP contribution in [-0.4, -0.2) is 41.5 Å². The molecule has 12 heteroatoms. The van der Waals surface area contributed by atoms with Gasteiger partial charge in [-0.2, -0.15) is 4.99 Å². The van der Waals surface area contributed by atoms with Crippen LogP contribution in [0.25, 0.3) is 0 Å². The van der Waals surface area contributed by atoms with Crippen molar-refractivity contribution in [2.24, 2.45) is 21.2 Å². The van der Waals surface area contributed by atoms with E-state index >= 15 is 0 Å². The molecule has 0 aromatic heterocycles. The number of sulfonamides is 1. The molecule has 0 aliphatic carbocycles. The fourth-order valence-electron chi connectivity index (χ4n) is 2.54. The molecule has 0 saturated carbocycles. The molecule has 3 rings (SSSR count). The molecule has 2 atom stereocenters. The molecular weight excluding hydrogens is 404 g/mol. The highest BCUT2D eigenvalue weighted by atomic mass is 35.5. The number of nitrogens with two attached hydrogens (primary N) is 1. The predicted molar refractivity (Wildman–Crippen MR) is 96.7 cm³/mol. The van der Waals surface area contributed by atoms with Crippen LogP contribution in [0.2, 0.25) is 5.02 Å². The fourth-order valence-corrected chi connectivity index (χ4v) is 4.23. The number of carbonyl (C=O) groups is 2. The maximum absolute atomic E-state index is 12.5. The number of amides is 1. The third kappa shape index (κ3) is 3.47. The third-order valence-electron chi connectivity index (χ3n) is 3.61. The quantitative estimate of drug-likeness (QED) is 0.575. The molecule has 1 amide bonds. The van der Waals surface area contributed by atoms with Crippen LogP contribution in [0.4, 0.5) is 0 Å². The minimum absolute atomic E-state index is 0.0273. The summed E-state index contributed by atoms with van der Waals surface area (Å²) in [5.74, 6) is -2.82. The van der Waals surface area contributed by atoms with E-state index in [4.69, 9.17) is 21.5 Å². The van der Waals surface area contributed by atoms with E-state index in [2.05, 4.69) is 10.1 Å². The topological polar surface area (TPSA) is 131 Å². The summed E-state index contributed by atoms with van der Waals surface area (Å²) in [4.78, 5) is 28.6. The van der Waals surface area contributed by atoms with Gasteiger partial charge < -0.3 is 4.74 Å². The Morgan fingerprint density at radius 3 is 2.62 bits per heavy atom. The highest BCUT2D eigenvalue weighted by Gasteiger charge is 2.49. The molecule has 0 bridgehead atoms. The number of aliphatic imine (C=N–C) groups is 1. The van der Waals surface area contributed by atoms with Crippen LogP contribution in [0.1, 0.15) is 18.5 Å². The normalized spacial score (nSPS) is 22.6. The van der Waals surface area contributed by atoms with Gasteiger partial charge in [-0.05, 0) is 36.4 Å². The molecule has 26 heavy (non-hydrogen) atoms. The van der Waals surface area contributed by atoms with Crippen LogP contribution in [-0.2, 0) is 24.3 Å². The second-order valence-corrected chi connectivity index (χ2v) is 8.44. The molecular formula is C14H13ClN4O5S2. The van der Waals surface area contributed by atoms with E-state index in [0.717, 1.165) is 0 Å². The number of fused-ring (bicyclic) bond motifs is 1. The summed E-state index contributed by atoms with van der Waals surface area (Å²) in [6, 6.07) is 5.47. The van der Waals surface area contributed by atoms with Gasteiger partial charge in [0.2, 0.25) is 4.38 Å². The molecule has 138 valence electrons. The molecule has 2 heterocycles. The van der Waals surface area contributed by atoms with Crippen molar-refractivity contribution in [1.29, 1.82) is 0 Å². The molecule has 2 N–H and O–H groups in total. The number of esters is 1. The summed E-state index contributed by atoms with van der Waals surface area (Å²) in [7, 11) is -4.10. The summed E-state index contributed by atoms with van der Waals surface area (Å²) >= 11 is 6.55. The van der Waals surface area contributed by atoms with Crippen LogP contribution in [0.15, 0.2) is 34.4 Å². The molecule has 2 aliphatic heterocycles. The van der Waals surface area contributed by atoms with Gasteiger partial charge >= 0.3 is 5.97 Å². The van der Waals surface area contributed by atoms with Crippen molar-refractivity contribution >= 4 is 54.8 Å². The third-order valence-corrected chi connectivity index (χ3v) is 6.10. The first-order valence-electron chi connectivity index (χ1n) is 7.35. The number of ether oxygens (including phenoxy) is 1. The number of thioether (sulfide) groups is 1. The first-order valence-corrected chi connectivity index (χ1v) is 10.1. The zero-order valence-electron chi connectivity index (χ0n) is 13.3. The van der Waals surface area contributed by atoms with Crippen molar-refractivity contribution in [1.82, 2.24) is 5.01 Å². The zero-order valence-corrected chi connectivity index (χ0v) is 15.7. The Kier molecular flexibility index (Phi) is 5.06. The summed E-state index contributed by atoms with van der Waals surface area (Å²) in [5.41, 5.74) is 0.522. The van der Waals surface area contributed by atoms with E-state index in [1.165, 1.54) is 5.01 Å². The molecule has 0 radical (unpaired) electrons. The van der Waals surface area contributed by atoms with Gasteiger partial charge in [0.05, 0.1) is 6.61 Å². The van der Waals surface area contributed by atoms with E-state index in [1.54, 1.807) is 31.2 Å². The lowest BCUT2D eigenvalue weighted by Gasteiger charge is -2.33. The van der Waals surface area contributed by atoms with E-state index in [1.807, 2.05) is 0 Å². The average Bonchev–Trinajstić information content (AvgIpc) is 2.98. The number of hydrogen-bond donors (Lipinski definition) is 1. The van der Waals surface area contributed by atoms with Crippen molar-refractivity contribution in [2.75, 3.05) is 6.61 Å². The number of carbonyl (C=O) groups excluding carboxylic acids is 2. The molecule has 0 saturated heterocycles. The summed E-state index contributed by atoms with van der Waals surface area (Å²) < 4.78 is 27.8. The Labute approximate surface area is 158 Å². The Morgan fingerprint density at radius 2 is 2.04 bits per heavy atom. The lowest BCUT2D eigenvalue weighted by molar-refractivity contribution is -0.154. The van der Waals surface area contributed by atoms with Gasteiger partial charge in [-0.15, -0.1) is 5.10 Å². The van der Waals surface area contributed by atoms with Crippen LogP contribution in [0, 0.1) is 5.92 Å². The average molecular weight is 417 g/mol. The largest absolute Gasteiger partial charge is 0.465 e. The Hall–Kier alpha value is -1.95. The minimum atomic E-state index is -4.10. The van der Waals surface area contributed by atoms with E-state index < -0.39 is 38.2 Å². The van der Waals surface area contributed by atoms with Crippen LogP contribution >= 0.6 is 23.4 Å². The highest BCUT2D eigenvalue weighted by Crippen LogP contribution is 2.41. The first kappa shape index (κ1) is 18.8. The number of nitrogens with zero attached hydrogens (tertiary/aromatic N) is 3. The van der Waals surface area contributed by atoms with Crippen LogP contribution in [0.3, 0.4) is 0 Å². The lowest BCUT2D eigenvalue weighted by Crippen LogP contribution is -2.44. The van der Waals surface area contributed by atoms with Crippen LogP contribution in [0.5, 0.6) is 0 Å². The predicted octanol–water partition coefficient (Wildman–Crippen LogP) is 1.06. The maximum atomic E-state index is 12.5. The van der Waals surface area contributed by atoms with Crippen molar-refractivity contribution in [3.8, 4) is 0 Å². The number of primary sulfonamides is 1. The monoisotopic (exact) mass is 416 g/mol. The van der Waals surface area contributed by atoms with E-state index in [-0.39, 0.29) is 11.8 Å². The Bertz CT molecular complexity index is 929. The van der Waals surface area contributed by atoms with Crippen molar-refractivity contribution in [2.45, 2.75) is 13.0 Å². The summed E-state index contributed by atoms with van der Waals surface area (Å²) in [5, 5.41) is 10.8. The number of rotatable bonds is 3. The van der Waals surface area contributed by atoms with Crippen molar-refractivity contribution < 1.29 is 22.7 Å². The molecule has 1 aromatic rings. The SMILES string of the molecule is CCOC(=O)C1C(=O)N=C2SC(S(N)(=O)=O)=NN2C1c1ccc(Cl)cc1.